The average Bonchev–Trinajstić information content (AvgIpc) is 3.19. The predicted molar refractivity (Wildman–Crippen MR) is 70.1 cm³/mol. The highest BCUT2D eigenvalue weighted by molar-refractivity contribution is 5.98. The molecular formula is C14H16FNO4. The molecule has 0 radical (unpaired) electrons. The van der Waals surface area contributed by atoms with Gasteiger partial charge in [-0.2, -0.15) is 0 Å². The molecule has 1 aromatic rings. The van der Waals surface area contributed by atoms with E-state index in [9.17, 15) is 14.0 Å². The smallest absolute Gasteiger partial charge is 0.335 e. The quantitative estimate of drug-likeness (QED) is 0.838. The Balaban J connectivity index is 2.11. The number of benzene rings is 1. The van der Waals surface area contributed by atoms with E-state index in [0.29, 0.717) is 13.0 Å². The molecule has 1 saturated carbocycles. The van der Waals surface area contributed by atoms with Crippen LogP contribution in [-0.2, 0) is 9.53 Å². The van der Waals surface area contributed by atoms with Crippen molar-refractivity contribution in [2.75, 3.05) is 19.0 Å². The van der Waals surface area contributed by atoms with Gasteiger partial charge < -0.3 is 15.2 Å². The average molecular weight is 281 g/mol. The number of carboxylic acids is 1. The minimum Gasteiger partial charge on any atom is -0.478 e. The summed E-state index contributed by atoms with van der Waals surface area (Å²) in [5.74, 6) is -2.09. The molecule has 0 aromatic heterocycles. The lowest BCUT2D eigenvalue weighted by atomic mass is 10.0. The van der Waals surface area contributed by atoms with E-state index in [0.717, 1.165) is 31.0 Å². The first-order valence-corrected chi connectivity index (χ1v) is 6.32. The van der Waals surface area contributed by atoms with Crippen LogP contribution in [0.25, 0.3) is 0 Å². The number of carboxylic acid groups (broad SMARTS) is 1. The molecule has 1 fully saturated rings. The third kappa shape index (κ3) is 2.96. The second-order valence-electron chi connectivity index (χ2n) is 4.98. The van der Waals surface area contributed by atoms with Gasteiger partial charge in [0.15, 0.2) is 0 Å². The topological polar surface area (TPSA) is 75.6 Å². The molecule has 0 spiro atoms. The van der Waals surface area contributed by atoms with Gasteiger partial charge >= 0.3 is 5.97 Å². The Bertz CT molecular complexity index is 540. The molecule has 0 atom stereocenters. The lowest BCUT2D eigenvalue weighted by molar-refractivity contribution is -0.121. The van der Waals surface area contributed by atoms with Crippen molar-refractivity contribution in [1.82, 2.24) is 0 Å². The number of methoxy groups -OCH3 is 1. The zero-order valence-corrected chi connectivity index (χ0v) is 11.1. The van der Waals surface area contributed by atoms with Gasteiger partial charge in [-0.25, -0.2) is 9.18 Å². The standard InChI is InChI=1S/C14H16FNO4/c1-20-7-6-14(4-5-14)13(19)16-11-8-9(12(17)18)2-3-10(11)15/h2-3,8H,4-7H2,1H3,(H,16,19)(H,17,18). The van der Waals surface area contributed by atoms with Crippen LogP contribution in [0.1, 0.15) is 29.6 Å². The Morgan fingerprint density at radius 1 is 1.45 bits per heavy atom. The van der Waals surface area contributed by atoms with E-state index < -0.39 is 17.2 Å². The molecule has 1 aromatic carbocycles. The molecular weight excluding hydrogens is 265 g/mol. The second-order valence-corrected chi connectivity index (χ2v) is 4.98. The van der Waals surface area contributed by atoms with Crippen LogP contribution in [0.5, 0.6) is 0 Å². The molecule has 2 N–H and O–H groups in total. The minimum absolute atomic E-state index is 0.0663. The van der Waals surface area contributed by atoms with Gasteiger partial charge in [0, 0.05) is 13.7 Å². The summed E-state index contributed by atoms with van der Waals surface area (Å²) in [5.41, 5.74) is -0.663. The highest BCUT2D eigenvalue weighted by Crippen LogP contribution is 2.49. The molecule has 1 amide bonds. The van der Waals surface area contributed by atoms with Gasteiger partial charge in [0.25, 0.3) is 0 Å². The fraction of sp³-hybridized carbons (Fsp3) is 0.429. The van der Waals surface area contributed by atoms with Crippen LogP contribution in [0.4, 0.5) is 10.1 Å². The van der Waals surface area contributed by atoms with Gasteiger partial charge in [0.2, 0.25) is 5.91 Å². The van der Waals surface area contributed by atoms with E-state index >= 15 is 0 Å². The van der Waals surface area contributed by atoms with Gasteiger partial charge in [-0.15, -0.1) is 0 Å². The first-order valence-electron chi connectivity index (χ1n) is 6.32. The Hall–Kier alpha value is -1.95. The monoisotopic (exact) mass is 281 g/mol. The van der Waals surface area contributed by atoms with Crippen LogP contribution < -0.4 is 5.32 Å². The lowest BCUT2D eigenvalue weighted by Gasteiger charge is -2.15. The van der Waals surface area contributed by atoms with Crippen LogP contribution in [0.3, 0.4) is 0 Å². The van der Waals surface area contributed by atoms with Crippen molar-refractivity contribution in [2.45, 2.75) is 19.3 Å². The summed E-state index contributed by atoms with van der Waals surface area (Å²) in [6.07, 6.45) is 2.06. The van der Waals surface area contributed by atoms with E-state index in [4.69, 9.17) is 9.84 Å². The third-order valence-corrected chi connectivity index (χ3v) is 3.58. The number of hydrogen-bond donors (Lipinski definition) is 2. The molecule has 6 heteroatoms. The van der Waals surface area contributed by atoms with E-state index in [1.54, 1.807) is 7.11 Å². The van der Waals surface area contributed by atoms with Gasteiger partial charge in [0.05, 0.1) is 16.7 Å². The molecule has 0 saturated heterocycles. The summed E-state index contributed by atoms with van der Waals surface area (Å²) in [4.78, 5) is 23.0. The summed E-state index contributed by atoms with van der Waals surface area (Å²) >= 11 is 0. The number of ether oxygens (including phenoxy) is 1. The molecule has 0 unspecified atom stereocenters. The number of anilines is 1. The Kier molecular flexibility index (Phi) is 4.04. The van der Waals surface area contributed by atoms with Crippen LogP contribution in [0.2, 0.25) is 0 Å². The normalized spacial score (nSPS) is 15.7. The van der Waals surface area contributed by atoms with Crippen molar-refractivity contribution in [3.63, 3.8) is 0 Å². The van der Waals surface area contributed by atoms with E-state index in [-0.39, 0.29) is 17.2 Å². The summed E-state index contributed by atoms with van der Waals surface area (Å²) in [6.45, 7) is 0.463. The maximum Gasteiger partial charge on any atom is 0.335 e. The van der Waals surface area contributed by atoms with Crippen LogP contribution in [0, 0.1) is 11.2 Å². The fourth-order valence-electron chi connectivity index (χ4n) is 2.05. The van der Waals surface area contributed by atoms with Crippen molar-refractivity contribution in [3.05, 3.63) is 29.6 Å². The second kappa shape index (κ2) is 5.58. The molecule has 0 bridgehead atoms. The third-order valence-electron chi connectivity index (χ3n) is 3.58. The maximum atomic E-state index is 13.6. The number of halogens is 1. The van der Waals surface area contributed by atoms with Crippen LogP contribution >= 0.6 is 0 Å². The van der Waals surface area contributed by atoms with Crippen LogP contribution in [0.15, 0.2) is 18.2 Å². The maximum absolute atomic E-state index is 13.6. The van der Waals surface area contributed by atoms with Crippen molar-refractivity contribution in [1.29, 1.82) is 0 Å². The van der Waals surface area contributed by atoms with Gasteiger partial charge in [-0.1, -0.05) is 0 Å². The summed E-state index contributed by atoms with van der Waals surface area (Å²) < 4.78 is 18.6. The highest BCUT2D eigenvalue weighted by atomic mass is 19.1. The molecule has 1 aliphatic rings. The molecule has 0 heterocycles. The van der Waals surface area contributed by atoms with Crippen molar-refractivity contribution < 1.29 is 23.8 Å². The largest absolute Gasteiger partial charge is 0.478 e. The summed E-state index contributed by atoms with van der Waals surface area (Å²) in [6, 6.07) is 3.32. The van der Waals surface area contributed by atoms with Crippen LogP contribution in [-0.4, -0.2) is 30.7 Å². The Morgan fingerprint density at radius 3 is 2.70 bits per heavy atom. The Labute approximate surface area is 115 Å². The van der Waals surface area contributed by atoms with Crippen molar-refractivity contribution in [2.24, 2.45) is 5.41 Å². The number of aromatic carboxylic acids is 1. The minimum atomic E-state index is -1.17. The first-order chi connectivity index (χ1) is 9.48. The zero-order chi connectivity index (χ0) is 14.8. The number of nitrogens with one attached hydrogen (secondary N) is 1. The number of carbonyl (C=O) groups is 2. The van der Waals surface area contributed by atoms with Crippen molar-refractivity contribution >= 4 is 17.6 Å². The molecule has 108 valence electrons. The number of carbonyl (C=O) groups excluding carboxylic acids is 1. The number of amides is 1. The molecule has 0 aliphatic heterocycles. The van der Waals surface area contributed by atoms with Gasteiger partial charge in [0.1, 0.15) is 5.82 Å². The highest BCUT2D eigenvalue weighted by Gasteiger charge is 2.49. The van der Waals surface area contributed by atoms with E-state index in [2.05, 4.69) is 5.32 Å². The SMILES string of the molecule is COCCC1(C(=O)Nc2cc(C(=O)O)ccc2F)CC1. The fourth-order valence-corrected chi connectivity index (χ4v) is 2.05. The number of rotatable bonds is 6. The summed E-state index contributed by atoms with van der Waals surface area (Å²) in [7, 11) is 1.56. The Morgan fingerprint density at radius 2 is 2.15 bits per heavy atom. The number of hydrogen-bond acceptors (Lipinski definition) is 3. The zero-order valence-electron chi connectivity index (χ0n) is 11.1. The lowest BCUT2D eigenvalue weighted by Crippen LogP contribution is -2.26. The van der Waals surface area contributed by atoms with Crippen molar-refractivity contribution in [3.8, 4) is 0 Å². The van der Waals surface area contributed by atoms with E-state index in [1.807, 2.05) is 0 Å². The predicted octanol–water partition coefficient (Wildman–Crippen LogP) is 2.28. The summed E-state index contributed by atoms with van der Waals surface area (Å²) in [5, 5.41) is 11.4. The molecule has 20 heavy (non-hydrogen) atoms. The van der Waals surface area contributed by atoms with E-state index in [1.165, 1.54) is 0 Å². The molecule has 1 aliphatic carbocycles. The van der Waals surface area contributed by atoms with Gasteiger partial charge in [-0.05, 0) is 37.5 Å². The first kappa shape index (κ1) is 14.5. The molecule has 5 nitrogen and oxygen atoms in total. The van der Waals surface area contributed by atoms with Gasteiger partial charge in [-0.3, -0.25) is 4.79 Å². The molecule has 2 rings (SSSR count).